The fourth-order valence-corrected chi connectivity index (χ4v) is 4.52. The van der Waals surface area contributed by atoms with E-state index >= 15 is 0 Å². The molecule has 0 saturated carbocycles. The minimum Gasteiger partial charge on any atom is -0.481 e. The summed E-state index contributed by atoms with van der Waals surface area (Å²) >= 11 is 4.66. The lowest BCUT2D eigenvalue weighted by Crippen LogP contribution is -1.97. The first kappa shape index (κ1) is 13.0. The van der Waals surface area contributed by atoms with Crippen molar-refractivity contribution >= 4 is 40.8 Å². The molecule has 0 amide bonds. The van der Waals surface area contributed by atoms with Gasteiger partial charge < -0.3 is 9.52 Å². The molecule has 8 heteroatoms. The molecule has 19 heavy (non-hydrogen) atoms. The van der Waals surface area contributed by atoms with Gasteiger partial charge in [0.25, 0.3) is 11.1 Å². The van der Waals surface area contributed by atoms with Crippen LogP contribution in [0.5, 0.6) is 0 Å². The lowest BCUT2D eigenvalue weighted by Gasteiger charge is -2.08. The maximum Gasteiger partial charge on any atom is 0.314 e. The average molecular weight is 314 g/mol. The van der Waals surface area contributed by atoms with Crippen LogP contribution >= 0.6 is 34.9 Å². The molecule has 0 unspecified atom stereocenters. The van der Waals surface area contributed by atoms with E-state index < -0.39 is 5.97 Å². The van der Waals surface area contributed by atoms with Gasteiger partial charge in [-0.05, 0) is 23.8 Å². The molecule has 0 saturated heterocycles. The number of aliphatic carboxylic acids is 1. The van der Waals surface area contributed by atoms with Gasteiger partial charge in [0.15, 0.2) is 0 Å². The molecular weight excluding hydrogens is 304 g/mol. The molecule has 5 nitrogen and oxygen atoms in total. The van der Waals surface area contributed by atoms with Crippen molar-refractivity contribution in [2.24, 2.45) is 0 Å². The number of nitrogens with zero attached hydrogens (tertiary/aromatic N) is 2. The minimum atomic E-state index is -0.895. The van der Waals surface area contributed by atoms with Gasteiger partial charge in [-0.3, -0.25) is 4.79 Å². The quantitative estimate of drug-likeness (QED) is 0.869. The van der Waals surface area contributed by atoms with Crippen LogP contribution in [0.3, 0.4) is 0 Å². The number of fused-ring (bicyclic) bond motifs is 1. The highest BCUT2D eigenvalue weighted by molar-refractivity contribution is 7.99. The van der Waals surface area contributed by atoms with Gasteiger partial charge in [-0.15, -0.1) is 21.5 Å². The zero-order valence-electron chi connectivity index (χ0n) is 9.79. The number of rotatable bonds is 4. The predicted octanol–water partition coefficient (Wildman–Crippen LogP) is 2.76. The fraction of sp³-hybridized carbons (Fsp3) is 0.364. The third kappa shape index (κ3) is 2.96. The Labute approximate surface area is 121 Å². The number of carbonyl (C=O) groups is 1. The largest absolute Gasteiger partial charge is 0.481 e. The molecule has 0 fully saturated rings. The molecule has 0 radical (unpaired) electrons. The molecule has 0 bridgehead atoms. The Morgan fingerprint density at radius 2 is 2.42 bits per heavy atom. The second-order valence-electron chi connectivity index (χ2n) is 3.92. The van der Waals surface area contributed by atoms with Crippen LogP contribution in [0.4, 0.5) is 0 Å². The second kappa shape index (κ2) is 5.56. The molecule has 3 heterocycles. The molecule has 0 atom stereocenters. The third-order valence-corrected chi connectivity index (χ3v) is 5.60. The molecule has 1 aliphatic heterocycles. The van der Waals surface area contributed by atoms with Crippen LogP contribution in [0.25, 0.3) is 10.8 Å². The summed E-state index contributed by atoms with van der Waals surface area (Å²) in [5, 5.41) is 16.7. The van der Waals surface area contributed by atoms with Crippen molar-refractivity contribution in [1.82, 2.24) is 10.2 Å². The Morgan fingerprint density at radius 3 is 3.21 bits per heavy atom. The molecule has 1 N–H and O–H groups in total. The van der Waals surface area contributed by atoms with E-state index in [1.807, 2.05) is 11.8 Å². The van der Waals surface area contributed by atoms with E-state index in [-0.39, 0.29) is 5.75 Å². The lowest BCUT2D eigenvalue weighted by atomic mass is 10.2. The van der Waals surface area contributed by atoms with Crippen molar-refractivity contribution in [3.8, 4) is 10.8 Å². The second-order valence-corrected chi connectivity index (χ2v) is 7.09. The molecule has 1 aliphatic rings. The Bertz CT molecular complexity index is 585. The maximum atomic E-state index is 10.5. The van der Waals surface area contributed by atoms with E-state index in [9.17, 15) is 4.79 Å². The van der Waals surface area contributed by atoms with Gasteiger partial charge in [-0.25, -0.2) is 0 Å². The molecule has 2 aromatic heterocycles. The van der Waals surface area contributed by atoms with Gasteiger partial charge in [0.2, 0.25) is 0 Å². The van der Waals surface area contributed by atoms with E-state index in [2.05, 4.69) is 16.3 Å². The smallest absolute Gasteiger partial charge is 0.314 e. The van der Waals surface area contributed by atoms with Gasteiger partial charge >= 0.3 is 5.97 Å². The summed E-state index contributed by atoms with van der Waals surface area (Å²) < 4.78 is 5.48. The number of hydrogen-bond donors (Lipinski definition) is 1. The third-order valence-electron chi connectivity index (χ3n) is 2.56. The van der Waals surface area contributed by atoms with E-state index in [0.29, 0.717) is 11.1 Å². The Morgan fingerprint density at radius 1 is 1.53 bits per heavy atom. The molecule has 0 spiro atoms. The first-order valence-electron chi connectivity index (χ1n) is 5.60. The van der Waals surface area contributed by atoms with Gasteiger partial charge in [0.1, 0.15) is 5.75 Å². The fourth-order valence-electron chi connectivity index (χ4n) is 1.74. The van der Waals surface area contributed by atoms with Gasteiger partial charge in [0, 0.05) is 10.6 Å². The molecule has 3 rings (SSSR count). The SMILES string of the molecule is O=C(O)CSc1nnc(-c2cc3c(s2)CCSC3)o1. The number of aryl methyl sites for hydroxylation is 1. The van der Waals surface area contributed by atoms with Crippen LogP contribution in [0, 0.1) is 0 Å². The minimum absolute atomic E-state index is 0.0702. The van der Waals surface area contributed by atoms with Crippen molar-refractivity contribution in [2.45, 2.75) is 17.4 Å². The number of carboxylic acids is 1. The lowest BCUT2D eigenvalue weighted by molar-refractivity contribution is -0.133. The molecule has 2 aromatic rings. The van der Waals surface area contributed by atoms with Gasteiger partial charge in [0.05, 0.1) is 4.88 Å². The van der Waals surface area contributed by atoms with Crippen molar-refractivity contribution < 1.29 is 14.3 Å². The highest BCUT2D eigenvalue weighted by Gasteiger charge is 2.18. The number of aromatic nitrogens is 2. The highest BCUT2D eigenvalue weighted by Crippen LogP contribution is 2.36. The summed E-state index contributed by atoms with van der Waals surface area (Å²) in [6, 6.07) is 2.10. The van der Waals surface area contributed by atoms with Crippen LogP contribution in [-0.2, 0) is 17.0 Å². The molecule has 100 valence electrons. The van der Waals surface area contributed by atoms with Crippen molar-refractivity contribution in [2.75, 3.05) is 11.5 Å². The summed E-state index contributed by atoms with van der Waals surface area (Å²) in [7, 11) is 0. The topological polar surface area (TPSA) is 76.2 Å². The van der Waals surface area contributed by atoms with E-state index in [4.69, 9.17) is 9.52 Å². The Balaban J connectivity index is 1.78. The predicted molar refractivity (Wildman–Crippen MR) is 75.8 cm³/mol. The number of thioether (sulfide) groups is 2. The van der Waals surface area contributed by atoms with Crippen LogP contribution in [0.1, 0.15) is 10.4 Å². The Kier molecular flexibility index (Phi) is 3.81. The first-order chi connectivity index (χ1) is 9.22. The summed E-state index contributed by atoms with van der Waals surface area (Å²) in [4.78, 5) is 12.8. The van der Waals surface area contributed by atoms with E-state index in [1.54, 1.807) is 11.3 Å². The summed E-state index contributed by atoms with van der Waals surface area (Å²) in [6.07, 6.45) is 1.10. The number of thiophene rings is 1. The number of carboxylic acid groups (broad SMARTS) is 1. The monoisotopic (exact) mass is 314 g/mol. The van der Waals surface area contributed by atoms with Gasteiger partial charge in [-0.2, -0.15) is 11.8 Å². The molecular formula is C11H10N2O3S3. The van der Waals surface area contributed by atoms with Crippen molar-refractivity contribution in [1.29, 1.82) is 0 Å². The summed E-state index contributed by atoms with van der Waals surface area (Å²) in [5.74, 6) is 1.72. The summed E-state index contributed by atoms with van der Waals surface area (Å²) in [6.45, 7) is 0. The van der Waals surface area contributed by atoms with Crippen LogP contribution in [-0.4, -0.2) is 32.8 Å². The van der Waals surface area contributed by atoms with Crippen LogP contribution in [0.15, 0.2) is 15.7 Å². The van der Waals surface area contributed by atoms with Crippen molar-refractivity contribution in [3.05, 3.63) is 16.5 Å². The molecule has 0 aromatic carbocycles. The zero-order chi connectivity index (χ0) is 13.2. The van der Waals surface area contributed by atoms with Crippen LogP contribution in [0.2, 0.25) is 0 Å². The van der Waals surface area contributed by atoms with Crippen LogP contribution < -0.4 is 0 Å². The number of hydrogen-bond acceptors (Lipinski definition) is 7. The first-order valence-corrected chi connectivity index (χ1v) is 8.56. The normalized spacial score (nSPS) is 14.3. The molecule has 0 aliphatic carbocycles. The van der Waals surface area contributed by atoms with E-state index in [1.165, 1.54) is 10.4 Å². The zero-order valence-corrected chi connectivity index (χ0v) is 12.2. The van der Waals surface area contributed by atoms with Crippen molar-refractivity contribution in [3.63, 3.8) is 0 Å². The highest BCUT2D eigenvalue weighted by atomic mass is 32.2. The average Bonchev–Trinajstić information content (AvgIpc) is 3.02. The van der Waals surface area contributed by atoms with Gasteiger partial charge in [-0.1, -0.05) is 11.8 Å². The van der Waals surface area contributed by atoms with E-state index in [0.717, 1.165) is 34.6 Å². The maximum absolute atomic E-state index is 10.5. The standard InChI is InChI=1S/C11H10N2O3S3/c14-9(15)5-18-11-13-12-10(16-11)8-3-6-4-17-2-1-7(6)19-8/h3H,1-2,4-5H2,(H,14,15). The Hall–Kier alpha value is -0.990. The summed E-state index contributed by atoms with van der Waals surface area (Å²) in [5.41, 5.74) is 1.36.